The minimum absolute atomic E-state index is 0.185. The normalized spacial score (nSPS) is 10.5. The number of para-hydroxylation sites is 1. The molecule has 3 aromatic rings. The van der Waals surface area contributed by atoms with Gasteiger partial charge in [0.1, 0.15) is 0 Å². The molecule has 4 N–H and O–H groups in total. The molecule has 2 aromatic carbocycles. The third kappa shape index (κ3) is 4.99. The quantitative estimate of drug-likeness (QED) is 0.454. The van der Waals surface area contributed by atoms with Crippen LogP contribution in [0.25, 0.3) is 0 Å². The van der Waals surface area contributed by atoms with Crippen LogP contribution in [0.4, 0.5) is 5.69 Å². The van der Waals surface area contributed by atoms with E-state index in [0.29, 0.717) is 24.3 Å². The number of hydroxylamine groups is 1. The van der Waals surface area contributed by atoms with Crippen molar-refractivity contribution in [3.8, 4) is 5.88 Å². The van der Waals surface area contributed by atoms with Crippen LogP contribution in [0.2, 0.25) is 0 Å². The molecule has 8 nitrogen and oxygen atoms in total. The number of hydrogen-bond donors (Lipinski definition) is 4. The summed E-state index contributed by atoms with van der Waals surface area (Å²) in [6, 6.07) is 16.5. The maximum Gasteiger partial charge on any atom is 0.328 e. The maximum absolute atomic E-state index is 12.4. The Labute approximate surface area is 155 Å². The van der Waals surface area contributed by atoms with Crippen molar-refractivity contribution in [3.05, 3.63) is 82.4 Å². The first-order chi connectivity index (χ1) is 13.1. The second-order valence-electron chi connectivity index (χ2n) is 5.82. The third-order valence-electron chi connectivity index (χ3n) is 3.86. The fourth-order valence-corrected chi connectivity index (χ4v) is 2.55. The van der Waals surface area contributed by atoms with E-state index >= 15 is 0 Å². The number of aromatic amines is 1. The zero-order valence-electron chi connectivity index (χ0n) is 14.5. The lowest BCUT2D eigenvalue weighted by Gasteiger charge is -2.12. The van der Waals surface area contributed by atoms with Gasteiger partial charge in [0.25, 0.3) is 5.91 Å². The molecule has 0 bridgehead atoms. The van der Waals surface area contributed by atoms with E-state index in [1.165, 1.54) is 10.8 Å². The molecule has 140 valence electrons. The van der Waals surface area contributed by atoms with Gasteiger partial charge in [-0.3, -0.25) is 19.2 Å². The molecule has 3 rings (SSSR count). The molecule has 0 saturated heterocycles. The van der Waals surface area contributed by atoms with Crippen LogP contribution < -0.4 is 16.5 Å². The standard InChI is InChI=1S/C19H20N4O4/c24-17-12-23(19(26)21-17)11-10-20-16-9-5-4-8-15(16)18(25)22-27-13-14-6-2-1-3-7-14/h1-9,12,20,24H,10-11,13H2,(H,21,26)(H,22,25). The zero-order chi connectivity index (χ0) is 19.1. The van der Waals surface area contributed by atoms with Crippen molar-refractivity contribution in [2.75, 3.05) is 11.9 Å². The largest absolute Gasteiger partial charge is 0.493 e. The summed E-state index contributed by atoms with van der Waals surface area (Å²) in [4.78, 5) is 31.5. The van der Waals surface area contributed by atoms with Gasteiger partial charge >= 0.3 is 5.69 Å². The molecule has 0 unspecified atom stereocenters. The number of nitrogens with zero attached hydrogens (tertiary/aromatic N) is 1. The Bertz CT molecular complexity index is 950. The van der Waals surface area contributed by atoms with Crippen molar-refractivity contribution in [3.63, 3.8) is 0 Å². The monoisotopic (exact) mass is 368 g/mol. The molecule has 0 aliphatic heterocycles. The van der Waals surface area contributed by atoms with E-state index in [2.05, 4.69) is 15.8 Å². The maximum atomic E-state index is 12.4. The fourth-order valence-electron chi connectivity index (χ4n) is 2.55. The van der Waals surface area contributed by atoms with Crippen molar-refractivity contribution in [2.24, 2.45) is 0 Å². The number of imidazole rings is 1. The van der Waals surface area contributed by atoms with Crippen LogP contribution in [0.3, 0.4) is 0 Å². The van der Waals surface area contributed by atoms with Gasteiger partial charge in [0.15, 0.2) is 0 Å². The molecule has 0 radical (unpaired) electrons. The highest BCUT2D eigenvalue weighted by Crippen LogP contribution is 2.15. The molecular formula is C19H20N4O4. The van der Waals surface area contributed by atoms with Gasteiger partial charge in [0.2, 0.25) is 5.88 Å². The van der Waals surface area contributed by atoms with Crippen molar-refractivity contribution < 1.29 is 14.7 Å². The minimum Gasteiger partial charge on any atom is -0.493 e. The molecule has 0 atom stereocenters. The van der Waals surface area contributed by atoms with Crippen molar-refractivity contribution in [2.45, 2.75) is 13.2 Å². The van der Waals surface area contributed by atoms with Gasteiger partial charge in [-0.25, -0.2) is 10.3 Å². The number of carbonyl (C=O) groups excluding carboxylic acids is 1. The molecule has 0 saturated carbocycles. The summed E-state index contributed by atoms with van der Waals surface area (Å²) in [6.45, 7) is 0.991. The first-order valence-electron chi connectivity index (χ1n) is 8.41. The third-order valence-corrected chi connectivity index (χ3v) is 3.86. The van der Waals surface area contributed by atoms with Gasteiger partial charge in [-0.15, -0.1) is 0 Å². The number of carbonyl (C=O) groups is 1. The number of anilines is 1. The number of nitrogens with one attached hydrogen (secondary N) is 3. The summed E-state index contributed by atoms with van der Waals surface area (Å²) in [5, 5.41) is 12.4. The van der Waals surface area contributed by atoms with Gasteiger partial charge in [0.05, 0.1) is 18.4 Å². The molecule has 27 heavy (non-hydrogen) atoms. The highest BCUT2D eigenvalue weighted by atomic mass is 16.6. The van der Waals surface area contributed by atoms with Crippen LogP contribution in [0.1, 0.15) is 15.9 Å². The second-order valence-corrected chi connectivity index (χ2v) is 5.82. The fraction of sp³-hybridized carbons (Fsp3) is 0.158. The van der Waals surface area contributed by atoms with E-state index in [1.807, 2.05) is 30.3 Å². The van der Waals surface area contributed by atoms with Crippen molar-refractivity contribution >= 4 is 11.6 Å². The van der Waals surface area contributed by atoms with Crippen molar-refractivity contribution in [1.29, 1.82) is 0 Å². The molecule has 1 heterocycles. The van der Waals surface area contributed by atoms with Gasteiger partial charge in [0, 0.05) is 18.8 Å². The summed E-state index contributed by atoms with van der Waals surface area (Å²) in [7, 11) is 0. The van der Waals surface area contributed by atoms with Gasteiger partial charge in [-0.1, -0.05) is 42.5 Å². The van der Waals surface area contributed by atoms with Crippen LogP contribution in [0, 0.1) is 0 Å². The lowest BCUT2D eigenvalue weighted by Crippen LogP contribution is -2.25. The van der Waals surface area contributed by atoms with Gasteiger partial charge in [-0.2, -0.15) is 0 Å². The summed E-state index contributed by atoms with van der Waals surface area (Å²) in [5.41, 5.74) is 4.03. The molecule has 1 aromatic heterocycles. The first-order valence-corrected chi connectivity index (χ1v) is 8.41. The molecule has 0 spiro atoms. The first kappa shape index (κ1) is 18.3. The Balaban J connectivity index is 1.55. The Morgan fingerprint density at radius 3 is 2.59 bits per heavy atom. The minimum atomic E-state index is -0.394. The lowest BCUT2D eigenvalue weighted by atomic mass is 10.1. The molecule has 8 heteroatoms. The topological polar surface area (TPSA) is 108 Å². The van der Waals surface area contributed by atoms with Gasteiger partial charge in [-0.05, 0) is 17.7 Å². The average molecular weight is 368 g/mol. The number of H-pyrrole nitrogens is 1. The van der Waals surface area contributed by atoms with E-state index in [9.17, 15) is 14.7 Å². The Hall–Kier alpha value is -3.52. The Kier molecular flexibility index (Phi) is 5.91. The van der Waals surface area contributed by atoms with E-state index in [0.717, 1.165) is 5.56 Å². The van der Waals surface area contributed by atoms with E-state index in [4.69, 9.17) is 4.84 Å². The molecule has 0 aliphatic carbocycles. The SMILES string of the molecule is O=C(NOCc1ccccc1)c1ccccc1NCCn1cc(O)[nH]c1=O. The number of aromatic hydroxyl groups is 1. The second kappa shape index (κ2) is 8.72. The Morgan fingerprint density at radius 2 is 1.85 bits per heavy atom. The van der Waals surface area contributed by atoms with Gasteiger partial charge < -0.3 is 10.4 Å². The number of hydrogen-bond acceptors (Lipinski definition) is 5. The predicted molar refractivity (Wildman–Crippen MR) is 100 cm³/mol. The molecule has 0 fully saturated rings. The van der Waals surface area contributed by atoms with Crippen LogP contribution >= 0.6 is 0 Å². The van der Waals surface area contributed by atoms with Crippen molar-refractivity contribution in [1.82, 2.24) is 15.0 Å². The summed E-state index contributed by atoms with van der Waals surface area (Å²) < 4.78 is 1.34. The van der Waals surface area contributed by atoms with Crippen LogP contribution in [-0.4, -0.2) is 27.1 Å². The highest BCUT2D eigenvalue weighted by Gasteiger charge is 2.11. The smallest absolute Gasteiger partial charge is 0.328 e. The van der Waals surface area contributed by atoms with Crippen LogP contribution in [0.5, 0.6) is 5.88 Å². The van der Waals surface area contributed by atoms with E-state index in [-0.39, 0.29) is 18.4 Å². The summed E-state index contributed by atoms with van der Waals surface area (Å²) in [6.07, 6.45) is 1.32. The van der Waals surface area contributed by atoms with Crippen LogP contribution in [-0.2, 0) is 18.0 Å². The van der Waals surface area contributed by atoms with E-state index in [1.54, 1.807) is 24.3 Å². The molecular weight excluding hydrogens is 348 g/mol. The number of aromatic nitrogens is 2. The van der Waals surface area contributed by atoms with Crippen LogP contribution in [0.15, 0.2) is 65.6 Å². The highest BCUT2D eigenvalue weighted by molar-refractivity contribution is 5.98. The number of rotatable bonds is 8. The summed E-state index contributed by atoms with van der Waals surface area (Å²) >= 11 is 0. The number of amides is 1. The molecule has 1 amide bonds. The average Bonchev–Trinajstić information content (AvgIpc) is 3.00. The molecule has 0 aliphatic rings. The Morgan fingerprint density at radius 1 is 1.11 bits per heavy atom. The predicted octanol–water partition coefficient (Wildman–Crippen LogP) is 1.86. The zero-order valence-corrected chi connectivity index (χ0v) is 14.5. The van der Waals surface area contributed by atoms with E-state index < -0.39 is 5.69 Å². The lowest BCUT2D eigenvalue weighted by molar-refractivity contribution is 0.0234. The summed E-state index contributed by atoms with van der Waals surface area (Å²) in [5.74, 6) is -0.555. The number of benzene rings is 2.